The molecule has 0 saturated carbocycles. The van der Waals surface area contributed by atoms with Crippen LogP contribution < -0.4 is 0 Å². The van der Waals surface area contributed by atoms with Crippen LogP contribution in [0.3, 0.4) is 0 Å². The van der Waals surface area contributed by atoms with Gasteiger partial charge < -0.3 is 5.11 Å². The molecule has 2 aromatic heterocycles. The van der Waals surface area contributed by atoms with Crippen LogP contribution in [0.4, 0.5) is 4.39 Å². The van der Waals surface area contributed by atoms with E-state index in [1.165, 1.54) is 12.1 Å². The smallest absolute Gasteiger partial charge is 0.154 e. The second-order valence-corrected chi connectivity index (χ2v) is 6.42. The third-order valence-electron chi connectivity index (χ3n) is 4.11. The van der Waals surface area contributed by atoms with Gasteiger partial charge in [0.25, 0.3) is 0 Å². The highest BCUT2D eigenvalue weighted by atomic mass is 35.5. The van der Waals surface area contributed by atoms with E-state index in [4.69, 9.17) is 11.6 Å². The van der Waals surface area contributed by atoms with Crippen LogP contribution in [0.15, 0.2) is 30.6 Å². The molecule has 0 fully saturated rings. The molecule has 0 radical (unpaired) electrons. The lowest BCUT2D eigenvalue weighted by Gasteiger charge is -2.12. The fourth-order valence-electron chi connectivity index (χ4n) is 2.91. The van der Waals surface area contributed by atoms with Crippen LogP contribution in [0.2, 0.25) is 5.15 Å². The molecule has 2 heterocycles. The van der Waals surface area contributed by atoms with Gasteiger partial charge in [0.2, 0.25) is 0 Å². The highest BCUT2D eigenvalue weighted by Crippen LogP contribution is 2.32. The third kappa shape index (κ3) is 3.60. The summed E-state index contributed by atoms with van der Waals surface area (Å²) < 4.78 is 17.1. The first-order valence-electron chi connectivity index (χ1n) is 8.11. The molecule has 1 N–H and O–H groups in total. The third-order valence-corrected chi connectivity index (χ3v) is 4.43. The number of hydrogen-bond donors (Lipinski definition) is 1. The lowest BCUT2D eigenvalue weighted by atomic mass is 9.96. The number of halogens is 2. The Balaban J connectivity index is 2.06. The van der Waals surface area contributed by atoms with E-state index in [2.05, 4.69) is 10.2 Å². The molecule has 0 saturated heterocycles. The summed E-state index contributed by atoms with van der Waals surface area (Å²) in [5.41, 5.74) is 3.77. The molecule has 1 atom stereocenters. The molecule has 0 aliphatic carbocycles. The Labute approximate surface area is 150 Å². The van der Waals surface area contributed by atoms with Gasteiger partial charge >= 0.3 is 0 Å². The maximum Gasteiger partial charge on any atom is 0.154 e. The number of rotatable bonds is 5. The minimum Gasteiger partial charge on any atom is -0.389 e. The number of aliphatic hydroxyl groups excluding tert-OH is 1. The number of nitrogens with zero attached hydrogens (tertiary/aromatic N) is 4. The van der Waals surface area contributed by atoms with Gasteiger partial charge in [-0.2, -0.15) is 10.2 Å². The topological polar surface area (TPSA) is 55.9 Å². The standard InChI is InChI=1S/C18H20ClFN4O/c1-4-24-10-13(18(19)22-24)7-12-9-23(3)21-17(12)15-6-5-14(20)8-16(15)11(2)25/h5-6,8-11,25H,4,7H2,1-3H3/t11-/m1/s1. The molecule has 3 aromatic rings. The highest BCUT2D eigenvalue weighted by Gasteiger charge is 2.19. The highest BCUT2D eigenvalue weighted by molar-refractivity contribution is 6.30. The minimum absolute atomic E-state index is 0.385. The van der Waals surface area contributed by atoms with Gasteiger partial charge in [0, 0.05) is 49.1 Å². The molecule has 0 aliphatic heterocycles. The Hall–Kier alpha value is -2.18. The number of aryl methyl sites for hydroxylation is 2. The normalized spacial score (nSPS) is 12.6. The lowest BCUT2D eigenvalue weighted by Crippen LogP contribution is -1.99. The fraction of sp³-hybridized carbons (Fsp3) is 0.333. The zero-order valence-corrected chi connectivity index (χ0v) is 15.1. The van der Waals surface area contributed by atoms with E-state index < -0.39 is 6.10 Å². The molecule has 7 heteroatoms. The van der Waals surface area contributed by atoms with Crippen LogP contribution in [-0.2, 0) is 20.0 Å². The maximum absolute atomic E-state index is 13.6. The van der Waals surface area contributed by atoms with Crippen molar-refractivity contribution in [1.29, 1.82) is 0 Å². The van der Waals surface area contributed by atoms with Crippen molar-refractivity contribution in [3.8, 4) is 11.3 Å². The zero-order valence-electron chi connectivity index (χ0n) is 14.4. The van der Waals surface area contributed by atoms with E-state index in [1.54, 1.807) is 22.4 Å². The first-order valence-corrected chi connectivity index (χ1v) is 8.49. The van der Waals surface area contributed by atoms with Crippen molar-refractivity contribution >= 4 is 11.6 Å². The van der Waals surface area contributed by atoms with Crippen molar-refractivity contribution in [2.45, 2.75) is 32.9 Å². The van der Waals surface area contributed by atoms with E-state index in [-0.39, 0.29) is 5.82 Å². The number of aliphatic hydroxyl groups is 1. The molecular formula is C18H20ClFN4O. The van der Waals surface area contributed by atoms with Crippen molar-refractivity contribution in [2.75, 3.05) is 0 Å². The van der Waals surface area contributed by atoms with Gasteiger partial charge in [0.05, 0.1) is 11.8 Å². The predicted octanol–water partition coefficient (Wildman–Crippen LogP) is 3.74. The Kier molecular flexibility index (Phi) is 4.92. The summed E-state index contributed by atoms with van der Waals surface area (Å²) in [5, 5.41) is 19.3. The number of aromatic nitrogens is 4. The molecule has 0 spiro atoms. The van der Waals surface area contributed by atoms with Crippen LogP contribution in [0, 0.1) is 5.82 Å². The second kappa shape index (κ2) is 6.98. The summed E-state index contributed by atoms with van der Waals surface area (Å²) in [6.45, 7) is 4.35. The molecule has 0 amide bonds. The summed E-state index contributed by atoms with van der Waals surface area (Å²) in [4.78, 5) is 0. The Morgan fingerprint density at radius 1 is 1.24 bits per heavy atom. The molecule has 0 aliphatic rings. The summed E-state index contributed by atoms with van der Waals surface area (Å²) in [7, 11) is 1.83. The van der Waals surface area contributed by atoms with Crippen molar-refractivity contribution in [3.05, 3.63) is 58.3 Å². The van der Waals surface area contributed by atoms with Crippen molar-refractivity contribution in [3.63, 3.8) is 0 Å². The lowest BCUT2D eigenvalue weighted by molar-refractivity contribution is 0.199. The van der Waals surface area contributed by atoms with Gasteiger partial charge in [-0.15, -0.1) is 0 Å². The molecule has 3 rings (SSSR count). The fourth-order valence-corrected chi connectivity index (χ4v) is 3.13. The second-order valence-electron chi connectivity index (χ2n) is 6.06. The predicted molar refractivity (Wildman–Crippen MR) is 95.0 cm³/mol. The summed E-state index contributed by atoms with van der Waals surface area (Å²) in [6.07, 6.45) is 3.58. The Morgan fingerprint density at radius 3 is 2.64 bits per heavy atom. The number of hydrogen-bond acceptors (Lipinski definition) is 3. The Morgan fingerprint density at radius 2 is 2.00 bits per heavy atom. The van der Waals surface area contributed by atoms with E-state index in [0.29, 0.717) is 28.4 Å². The molecular weight excluding hydrogens is 343 g/mol. The van der Waals surface area contributed by atoms with E-state index in [9.17, 15) is 9.50 Å². The van der Waals surface area contributed by atoms with Gasteiger partial charge in [0.15, 0.2) is 5.15 Å². The van der Waals surface area contributed by atoms with Crippen LogP contribution in [-0.4, -0.2) is 24.7 Å². The maximum atomic E-state index is 13.6. The molecule has 132 valence electrons. The molecule has 25 heavy (non-hydrogen) atoms. The number of benzene rings is 1. The minimum atomic E-state index is -0.799. The summed E-state index contributed by atoms with van der Waals surface area (Å²) in [5.74, 6) is -0.385. The van der Waals surface area contributed by atoms with Gasteiger partial charge in [-0.3, -0.25) is 9.36 Å². The van der Waals surface area contributed by atoms with E-state index >= 15 is 0 Å². The molecule has 0 bridgehead atoms. The van der Waals surface area contributed by atoms with E-state index in [1.807, 2.05) is 26.4 Å². The summed E-state index contributed by atoms with van der Waals surface area (Å²) >= 11 is 6.23. The summed E-state index contributed by atoms with van der Waals surface area (Å²) in [6, 6.07) is 4.38. The molecule has 5 nitrogen and oxygen atoms in total. The van der Waals surface area contributed by atoms with Crippen LogP contribution in [0.1, 0.15) is 36.6 Å². The van der Waals surface area contributed by atoms with Gasteiger partial charge in [-0.05, 0) is 37.6 Å². The molecule has 1 aromatic carbocycles. The average molecular weight is 363 g/mol. The van der Waals surface area contributed by atoms with E-state index in [0.717, 1.165) is 17.7 Å². The van der Waals surface area contributed by atoms with Gasteiger partial charge in [-0.1, -0.05) is 11.6 Å². The van der Waals surface area contributed by atoms with Crippen LogP contribution >= 0.6 is 11.6 Å². The quantitative estimate of drug-likeness (QED) is 0.752. The monoisotopic (exact) mass is 362 g/mol. The zero-order chi connectivity index (χ0) is 18.1. The van der Waals surface area contributed by atoms with Gasteiger partial charge in [-0.25, -0.2) is 4.39 Å². The van der Waals surface area contributed by atoms with Crippen LogP contribution in [0.5, 0.6) is 0 Å². The average Bonchev–Trinajstić information content (AvgIpc) is 3.10. The van der Waals surface area contributed by atoms with Crippen molar-refractivity contribution in [2.24, 2.45) is 7.05 Å². The van der Waals surface area contributed by atoms with Crippen molar-refractivity contribution < 1.29 is 9.50 Å². The SMILES string of the molecule is CCn1cc(Cc2cn(C)nc2-c2ccc(F)cc2[C@@H](C)O)c(Cl)n1. The first-order chi connectivity index (χ1) is 11.9. The van der Waals surface area contributed by atoms with Gasteiger partial charge in [0.1, 0.15) is 5.82 Å². The molecule has 0 unspecified atom stereocenters. The van der Waals surface area contributed by atoms with Crippen LogP contribution in [0.25, 0.3) is 11.3 Å². The first kappa shape index (κ1) is 17.6. The van der Waals surface area contributed by atoms with Crippen molar-refractivity contribution in [1.82, 2.24) is 19.6 Å². The largest absolute Gasteiger partial charge is 0.389 e. The Bertz CT molecular complexity index is 901.